The SMILES string of the molecule is CS(=O)(=O)c1ccc(CN2CCC3(CCN(C[C@H]4CN(C(=O)C5CCOCC5)C[C@@H]4c4ccccc4)CC3)C2=O)cc1.Cl. The molecule has 2 amide bonds. The number of hydrogen-bond acceptors (Lipinski definition) is 6. The summed E-state index contributed by atoms with van der Waals surface area (Å²) in [5.74, 6) is 1.31. The molecule has 4 saturated heterocycles. The Bertz CT molecular complexity index is 1370. The average Bonchev–Trinajstić information content (AvgIpc) is 3.56. The minimum absolute atomic E-state index is 0. The van der Waals surface area contributed by atoms with Crippen molar-refractivity contribution in [2.45, 2.75) is 49.5 Å². The predicted octanol–water partition coefficient (Wildman–Crippen LogP) is 4.00. The Morgan fingerprint density at radius 1 is 0.930 bits per heavy atom. The molecule has 2 atom stereocenters. The number of carbonyl (C=O) groups excluding carboxylic acids is 2. The van der Waals surface area contributed by atoms with Crippen LogP contribution in [0.2, 0.25) is 0 Å². The molecule has 0 radical (unpaired) electrons. The predicted molar refractivity (Wildman–Crippen MR) is 168 cm³/mol. The smallest absolute Gasteiger partial charge is 0.229 e. The number of carbonyl (C=O) groups is 2. The lowest BCUT2D eigenvalue weighted by Crippen LogP contribution is -2.46. The van der Waals surface area contributed by atoms with Gasteiger partial charge in [-0.15, -0.1) is 12.4 Å². The number of nitrogens with zero attached hydrogens (tertiary/aromatic N) is 3. The second kappa shape index (κ2) is 13.3. The van der Waals surface area contributed by atoms with Gasteiger partial charge in [-0.2, -0.15) is 0 Å². The van der Waals surface area contributed by atoms with Crippen LogP contribution in [0.25, 0.3) is 0 Å². The van der Waals surface area contributed by atoms with E-state index in [1.807, 2.05) is 17.0 Å². The first-order valence-corrected chi connectivity index (χ1v) is 17.3. The molecule has 43 heavy (non-hydrogen) atoms. The van der Waals surface area contributed by atoms with E-state index >= 15 is 0 Å². The number of ether oxygens (including phenoxy) is 1. The lowest BCUT2D eigenvalue weighted by Gasteiger charge is -2.39. The molecule has 1 spiro atoms. The van der Waals surface area contributed by atoms with Gasteiger partial charge in [0.25, 0.3) is 0 Å². The minimum atomic E-state index is -3.24. The van der Waals surface area contributed by atoms with Crippen LogP contribution in [0, 0.1) is 17.3 Å². The highest BCUT2D eigenvalue weighted by Gasteiger charge is 2.48. The molecule has 10 heteroatoms. The third kappa shape index (κ3) is 6.95. The quantitative estimate of drug-likeness (QED) is 0.460. The third-order valence-electron chi connectivity index (χ3n) is 10.2. The van der Waals surface area contributed by atoms with Gasteiger partial charge in [0.05, 0.1) is 10.3 Å². The first kappa shape index (κ1) is 31.9. The standard InChI is InChI=1S/C33H43N3O5S.ClH/c1-42(39,40)29-9-7-25(8-10-29)21-35-18-15-33(32(35)38)13-16-34(17-14-33)22-28-23-36(31(37)27-11-19-41-20-12-27)24-30(28)26-5-3-2-4-6-26;/h2-10,27-28,30H,11-24H2,1H3;1H/t28-,30+;/m0./s1. The third-order valence-corrected chi connectivity index (χ3v) is 11.3. The Morgan fingerprint density at radius 2 is 1.58 bits per heavy atom. The molecular weight excluding hydrogens is 586 g/mol. The molecule has 0 N–H and O–H groups in total. The van der Waals surface area contributed by atoms with E-state index in [2.05, 4.69) is 40.1 Å². The topological polar surface area (TPSA) is 87.2 Å². The van der Waals surface area contributed by atoms with E-state index in [-0.39, 0.29) is 29.6 Å². The summed E-state index contributed by atoms with van der Waals surface area (Å²) in [5.41, 5.74) is 1.98. The number of hydrogen-bond donors (Lipinski definition) is 0. The molecule has 0 aliphatic carbocycles. The summed E-state index contributed by atoms with van der Waals surface area (Å²) in [5, 5.41) is 0. The Labute approximate surface area is 262 Å². The van der Waals surface area contributed by atoms with Gasteiger partial charge >= 0.3 is 0 Å². The highest BCUT2D eigenvalue weighted by molar-refractivity contribution is 7.90. The molecule has 4 aliphatic rings. The molecule has 0 unspecified atom stereocenters. The zero-order valence-corrected chi connectivity index (χ0v) is 26.7. The molecule has 0 aromatic heterocycles. The molecule has 234 valence electrons. The fourth-order valence-corrected chi connectivity index (χ4v) is 8.21. The van der Waals surface area contributed by atoms with Gasteiger partial charge in [0, 0.05) is 64.0 Å². The van der Waals surface area contributed by atoms with E-state index in [0.29, 0.717) is 42.4 Å². The van der Waals surface area contributed by atoms with Gasteiger partial charge in [-0.25, -0.2) is 8.42 Å². The second-order valence-electron chi connectivity index (χ2n) is 12.9. The van der Waals surface area contributed by atoms with Crippen molar-refractivity contribution in [3.8, 4) is 0 Å². The molecular formula is C33H44ClN3O5S. The molecule has 2 aromatic rings. The van der Waals surface area contributed by atoms with E-state index in [0.717, 1.165) is 76.9 Å². The molecule has 4 aliphatic heterocycles. The lowest BCUT2D eigenvalue weighted by molar-refractivity contribution is -0.139. The first-order chi connectivity index (χ1) is 20.2. The van der Waals surface area contributed by atoms with Gasteiger partial charge in [-0.1, -0.05) is 42.5 Å². The van der Waals surface area contributed by atoms with Crippen LogP contribution >= 0.6 is 12.4 Å². The summed E-state index contributed by atoms with van der Waals surface area (Å²) in [7, 11) is -3.24. The van der Waals surface area contributed by atoms with E-state index in [1.165, 1.54) is 11.8 Å². The van der Waals surface area contributed by atoms with Crippen LogP contribution in [-0.2, 0) is 30.7 Å². The van der Waals surface area contributed by atoms with Crippen molar-refractivity contribution in [2.24, 2.45) is 17.3 Å². The van der Waals surface area contributed by atoms with Gasteiger partial charge in [0.15, 0.2) is 9.84 Å². The van der Waals surface area contributed by atoms with Crippen LogP contribution in [0.5, 0.6) is 0 Å². The number of rotatable bonds is 7. The maximum Gasteiger partial charge on any atom is 0.229 e. The Morgan fingerprint density at radius 3 is 2.23 bits per heavy atom. The molecule has 0 bridgehead atoms. The highest BCUT2D eigenvalue weighted by Crippen LogP contribution is 2.43. The number of sulfone groups is 1. The van der Waals surface area contributed by atoms with Crippen molar-refractivity contribution in [1.29, 1.82) is 0 Å². The average molecular weight is 630 g/mol. The fourth-order valence-electron chi connectivity index (χ4n) is 7.58. The van der Waals surface area contributed by atoms with Crippen LogP contribution in [-0.4, -0.2) is 93.7 Å². The van der Waals surface area contributed by atoms with E-state index in [1.54, 1.807) is 12.1 Å². The van der Waals surface area contributed by atoms with E-state index in [9.17, 15) is 18.0 Å². The maximum atomic E-state index is 13.6. The van der Waals surface area contributed by atoms with Gasteiger partial charge < -0.3 is 19.4 Å². The fraction of sp³-hybridized carbons (Fsp3) is 0.576. The summed E-state index contributed by atoms with van der Waals surface area (Å²) in [6.45, 7) is 6.93. The minimum Gasteiger partial charge on any atom is -0.381 e. The number of benzene rings is 2. The van der Waals surface area contributed by atoms with Gasteiger partial charge in [0.2, 0.25) is 11.8 Å². The molecule has 4 heterocycles. The van der Waals surface area contributed by atoms with Crippen LogP contribution in [0.4, 0.5) is 0 Å². The van der Waals surface area contributed by atoms with E-state index in [4.69, 9.17) is 4.74 Å². The van der Waals surface area contributed by atoms with Crippen molar-refractivity contribution >= 4 is 34.1 Å². The van der Waals surface area contributed by atoms with Crippen molar-refractivity contribution in [1.82, 2.24) is 14.7 Å². The number of piperidine rings is 1. The summed E-state index contributed by atoms with van der Waals surface area (Å²) in [6.07, 6.45) is 5.46. The van der Waals surface area contributed by atoms with Crippen molar-refractivity contribution in [3.05, 3.63) is 65.7 Å². The molecule has 6 rings (SSSR count). The number of halogens is 1. The summed E-state index contributed by atoms with van der Waals surface area (Å²) in [6, 6.07) is 17.5. The van der Waals surface area contributed by atoms with Gasteiger partial charge in [0.1, 0.15) is 0 Å². The Hall–Kier alpha value is -2.46. The lowest BCUT2D eigenvalue weighted by atomic mass is 9.76. The zero-order valence-electron chi connectivity index (χ0n) is 25.0. The summed E-state index contributed by atoms with van der Waals surface area (Å²) < 4.78 is 29.1. The Kier molecular flexibility index (Phi) is 9.86. The largest absolute Gasteiger partial charge is 0.381 e. The first-order valence-electron chi connectivity index (χ1n) is 15.4. The maximum absolute atomic E-state index is 13.6. The van der Waals surface area contributed by atoms with Crippen molar-refractivity contribution in [2.75, 3.05) is 58.7 Å². The number of likely N-dealkylation sites (tertiary alicyclic amines) is 3. The van der Waals surface area contributed by atoms with Crippen LogP contribution in [0.3, 0.4) is 0 Å². The molecule has 8 nitrogen and oxygen atoms in total. The Balaban J connectivity index is 0.00000368. The van der Waals surface area contributed by atoms with Gasteiger partial charge in [-0.3, -0.25) is 9.59 Å². The summed E-state index contributed by atoms with van der Waals surface area (Å²) in [4.78, 5) is 33.9. The molecule has 4 fully saturated rings. The van der Waals surface area contributed by atoms with Crippen molar-refractivity contribution in [3.63, 3.8) is 0 Å². The highest BCUT2D eigenvalue weighted by atomic mass is 35.5. The van der Waals surface area contributed by atoms with E-state index < -0.39 is 9.84 Å². The van der Waals surface area contributed by atoms with Gasteiger partial charge in [-0.05, 0) is 74.4 Å². The molecule has 0 saturated carbocycles. The summed E-state index contributed by atoms with van der Waals surface area (Å²) >= 11 is 0. The normalized spacial score (nSPS) is 24.8. The zero-order chi connectivity index (χ0) is 29.3. The number of amides is 2. The second-order valence-corrected chi connectivity index (χ2v) is 14.9. The monoisotopic (exact) mass is 629 g/mol. The van der Waals surface area contributed by atoms with Crippen LogP contribution in [0.15, 0.2) is 59.5 Å². The van der Waals surface area contributed by atoms with Crippen LogP contribution in [0.1, 0.15) is 49.1 Å². The van der Waals surface area contributed by atoms with Crippen molar-refractivity contribution < 1.29 is 22.7 Å². The molecule has 2 aromatic carbocycles. The van der Waals surface area contributed by atoms with Crippen LogP contribution < -0.4 is 0 Å².